The van der Waals surface area contributed by atoms with Crippen LogP contribution >= 0.6 is 0 Å². The van der Waals surface area contributed by atoms with Crippen LogP contribution in [0.5, 0.6) is 5.75 Å². The number of carbonyl (C=O) groups excluding carboxylic acids is 17. The number of hydrogen-bond donors (Lipinski definition) is 11. The van der Waals surface area contributed by atoms with Gasteiger partial charge in [0, 0.05) is 52.9 Å². The molecule has 13 amide bonds. The Kier molecular flexibility index (Phi) is 41.6. The van der Waals surface area contributed by atoms with Gasteiger partial charge in [-0.15, -0.1) is 0 Å². The van der Waals surface area contributed by atoms with E-state index in [1.165, 1.54) is 46.9 Å². The molecule has 36 heteroatoms. The number of ketones is 1. The average Bonchev–Trinajstić information content (AvgIpc) is 1.61. The van der Waals surface area contributed by atoms with Crippen LogP contribution in [-0.2, 0) is 102 Å². The molecule has 36 nitrogen and oxygen atoms in total. The Balaban J connectivity index is 1.75. The normalized spacial score (nSPS) is 23.2. The maximum atomic E-state index is 15.4. The second kappa shape index (κ2) is 48.9. The number of aliphatic hydroxyl groups is 2. The molecule has 0 aliphatic carbocycles. The molecule has 662 valence electrons. The van der Waals surface area contributed by atoms with Crippen LogP contribution in [0.15, 0.2) is 24.3 Å². The monoisotopic (exact) mass is 1670 g/mol. The second-order valence-electron chi connectivity index (χ2n) is 32.7. The Labute approximate surface area is 691 Å². The van der Waals surface area contributed by atoms with E-state index in [1.807, 2.05) is 20.8 Å². The van der Waals surface area contributed by atoms with Crippen molar-refractivity contribution in [3.63, 3.8) is 0 Å². The first kappa shape index (κ1) is 100. The standard InChI is InChI=1S/C82H131N13O23/c1-16-18-19-20-21-24-52(96)42-66(101)86-54(31-34-63(83)98)73(105)87-55(32-35-64(84)99)74(106)88-56(33-36-65(85)100)81(113)117-50(12)77(109)94-37-22-25-58(94)79(111)92(13)60(40-45(5)6)75(107)91-69-49(11)116-82(114)61(41-51-27-29-53(115-15)30-28-51)93(14)80(112)59-26-23-38-95(59)78(110)57(39-44(3)4)89-72(104)48(10)70(103)71(46(7)8)118-67(102)43-62(97)68(47(9)17-2)90-76(69)108/h27-30,44-50,52,54-62,68-69,71,96-97H,16-26,31-43H2,1-15H3,(H2,83,98)(H2,84,99)(H2,85,100)(H,86,101)(H,87,105)(H,88,106)(H,89,104)(H,90,108)(H,91,107)/t47?,48-,49-,50+,52-,54+,55+,56+,57+,58+,59+,60+,61+,62?,68?,69-,71-/m1/s1. The van der Waals surface area contributed by atoms with Crippen LogP contribution in [0.1, 0.15) is 223 Å². The van der Waals surface area contributed by atoms with Gasteiger partial charge in [0.25, 0.3) is 5.91 Å². The third-order valence-corrected chi connectivity index (χ3v) is 21.8. The molecule has 3 unspecified atom stereocenters. The lowest BCUT2D eigenvalue weighted by Gasteiger charge is -2.36. The summed E-state index contributed by atoms with van der Waals surface area (Å²) in [5.41, 5.74) is 16.8. The van der Waals surface area contributed by atoms with Gasteiger partial charge < -0.3 is 97.9 Å². The minimum Gasteiger partial charge on any atom is -0.497 e. The van der Waals surface area contributed by atoms with Crippen molar-refractivity contribution in [3.05, 3.63) is 29.8 Å². The number of nitrogens with zero attached hydrogens (tertiary/aromatic N) is 4. The molecule has 0 spiro atoms. The predicted octanol–water partition coefficient (Wildman–Crippen LogP) is 1.23. The molecule has 14 N–H and O–H groups in total. The molecule has 3 aliphatic heterocycles. The fourth-order valence-corrected chi connectivity index (χ4v) is 14.6. The van der Waals surface area contributed by atoms with Crippen LogP contribution in [0.4, 0.5) is 0 Å². The Morgan fingerprint density at radius 3 is 1.83 bits per heavy atom. The number of cyclic esters (lactones) is 2. The highest BCUT2D eigenvalue weighted by Gasteiger charge is 2.47. The zero-order valence-corrected chi connectivity index (χ0v) is 71.3. The summed E-state index contributed by atoms with van der Waals surface area (Å²) >= 11 is 0. The number of aliphatic hydroxyl groups excluding tert-OH is 2. The minimum atomic E-state index is -1.93. The topological polar surface area (TPSA) is 531 Å². The number of carbonyl (C=O) groups is 17. The van der Waals surface area contributed by atoms with Crippen LogP contribution in [0.3, 0.4) is 0 Å². The Hall–Kier alpha value is -9.87. The van der Waals surface area contributed by atoms with Crippen LogP contribution < -0.4 is 53.8 Å². The number of methoxy groups -OCH3 is 1. The molecular weight excluding hydrogens is 1530 g/mol. The quantitative estimate of drug-likeness (QED) is 0.0191. The van der Waals surface area contributed by atoms with Crippen molar-refractivity contribution >= 4 is 100 Å². The molecular formula is C82H131N13O23. The average molecular weight is 1670 g/mol. The molecule has 0 aromatic heterocycles. The van der Waals surface area contributed by atoms with E-state index in [2.05, 4.69) is 31.9 Å². The summed E-state index contributed by atoms with van der Waals surface area (Å²) in [4.78, 5) is 245. The molecule has 4 rings (SSSR count). The van der Waals surface area contributed by atoms with Crippen molar-refractivity contribution in [1.29, 1.82) is 0 Å². The number of benzene rings is 1. The largest absolute Gasteiger partial charge is 0.497 e. The van der Waals surface area contributed by atoms with Gasteiger partial charge in [0.1, 0.15) is 66.2 Å². The van der Waals surface area contributed by atoms with Crippen molar-refractivity contribution in [2.75, 3.05) is 34.3 Å². The van der Waals surface area contributed by atoms with E-state index >= 15 is 24.0 Å². The van der Waals surface area contributed by atoms with E-state index in [4.69, 9.17) is 36.1 Å². The van der Waals surface area contributed by atoms with Crippen molar-refractivity contribution in [1.82, 2.24) is 51.5 Å². The number of hydrogen-bond acceptors (Lipinski definition) is 23. The van der Waals surface area contributed by atoms with Gasteiger partial charge in [0.15, 0.2) is 18.0 Å². The maximum absolute atomic E-state index is 15.4. The van der Waals surface area contributed by atoms with Crippen molar-refractivity contribution in [2.24, 2.45) is 46.8 Å². The molecule has 0 saturated carbocycles. The van der Waals surface area contributed by atoms with Crippen molar-refractivity contribution < 1.29 is 111 Å². The number of unbranched alkanes of at least 4 members (excludes halogenated alkanes) is 4. The number of rotatable bonds is 39. The summed E-state index contributed by atoms with van der Waals surface area (Å²) in [6.45, 7) is 19.4. The van der Waals surface area contributed by atoms with Gasteiger partial charge in [-0.2, -0.15) is 0 Å². The van der Waals surface area contributed by atoms with Gasteiger partial charge in [0.05, 0.1) is 44.1 Å². The predicted molar refractivity (Wildman–Crippen MR) is 429 cm³/mol. The fraction of sp³-hybridized carbons (Fsp3) is 0.720. The summed E-state index contributed by atoms with van der Waals surface area (Å²) in [5.74, 6) is -19.0. The van der Waals surface area contributed by atoms with Gasteiger partial charge in [-0.1, -0.05) is 113 Å². The van der Waals surface area contributed by atoms with Crippen LogP contribution in [-0.4, -0.2) is 256 Å². The molecule has 0 radical (unpaired) electrons. The van der Waals surface area contributed by atoms with Gasteiger partial charge in [-0.3, -0.25) is 71.9 Å². The van der Waals surface area contributed by atoms with Gasteiger partial charge >= 0.3 is 17.9 Å². The van der Waals surface area contributed by atoms with Gasteiger partial charge in [-0.05, 0) is 126 Å². The van der Waals surface area contributed by atoms with E-state index in [1.54, 1.807) is 65.8 Å². The van der Waals surface area contributed by atoms with E-state index in [0.717, 1.165) is 40.4 Å². The van der Waals surface area contributed by atoms with E-state index < -0.39 is 260 Å². The molecule has 1 aromatic carbocycles. The number of nitrogens with two attached hydrogens (primary N) is 3. The lowest BCUT2D eigenvalue weighted by Crippen LogP contribution is -2.62. The maximum Gasteiger partial charge on any atom is 0.329 e. The number of Topliss-reactive ketones (excluding diaryl/α,β-unsaturated/α-hetero) is 1. The SMILES string of the molecule is CCCCCCC[C@@H](O)CC(=O)N[C@@H](CCC(N)=O)C(=O)N[C@@H](CCC(N)=O)C(=O)N[C@@H](CCC(N)=O)C(=O)O[C@@H](C)C(=O)N1CCC[C@H]1C(=O)N(C)[C@@H](CC(C)C)C(=O)N[C@H]1C(=O)NC(C(C)CC)C(O)CC(=O)O[C@H](C(C)C)C(=O)[C@@H](C)C(=O)N[C@@H](CC(C)C)C(=O)N2CCC[C@H]2C(=O)N(C)[C@@H](Cc2ccc(OC)cc2)C(=O)O[C@@H]1C. The molecule has 17 atom stereocenters. The van der Waals surface area contributed by atoms with Crippen molar-refractivity contribution in [2.45, 2.75) is 315 Å². The Bertz CT molecular complexity index is 3640. The molecule has 3 aliphatic rings. The zero-order valence-electron chi connectivity index (χ0n) is 71.3. The Morgan fingerprint density at radius 1 is 0.695 bits per heavy atom. The number of likely N-dealkylation sites (N-methyl/N-ethyl adjacent to an activating group) is 2. The first-order chi connectivity index (χ1) is 55.5. The smallest absolute Gasteiger partial charge is 0.329 e. The summed E-state index contributed by atoms with van der Waals surface area (Å²) < 4.78 is 23.0. The number of esters is 3. The number of ether oxygens (including phenoxy) is 4. The number of nitrogens with one attached hydrogen (secondary N) is 6. The third-order valence-electron chi connectivity index (χ3n) is 21.8. The van der Waals surface area contributed by atoms with Crippen LogP contribution in [0.25, 0.3) is 0 Å². The first-order valence-corrected chi connectivity index (χ1v) is 41.4. The second-order valence-corrected chi connectivity index (χ2v) is 32.7. The van der Waals surface area contributed by atoms with E-state index in [0.29, 0.717) is 30.6 Å². The van der Waals surface area contributed by atoms with E-state index in [9.17, 15) is 67.7 Å². The third kappa shape index (κ3) is 31.1. The number of primary amides is 3. The molecule has 3 saturated heterocycles. The molecule has 3 heterocycles. The zero-order chi connectivity index (χ0) is 88.7. The molecule has 118 heavy (non-hydrogen) atoms. The van der Waals surface area contributed by atoms with Crippen LogP contribution in [0, 0.1) is 29.6 Å². The number of amides is 13. The summed E-state index contributed by atoms with van der Waals surface area (Å²) in [7, 11) is 4.09. The Morgan fingerprint density at radius 2 is 1.27 bits per heavy atom. The highest BCUT2D eigenvalue weighted by atomic mass is 16.6. The van der Waals surface area contributed by atoms with Gasteiger partial charge in [-0.25, -0.2) is 9.59 Å². The highest BCUT2D eigenvalue weighted by molar-refractivity contribution is 6.05. The summed E-state index contributed by atoms with van der Waals surface area (Å²) in [5, 5.41) is 38.1. The lowest BCUT2D eigenvalue weighted by molar-refractivity contribution is -0.163. The lowest BCUT2D eigenvalue weighted by atomic mass is 9.91. The molecule has 3 fully saturated rings. The molecule has 1 aromatic rings. The minimum absolute atomic E-state index is 0.00717. The van der Waals surface area contributed by atoms with Gasteiger partial charge in [0.2, 0.25) is 70.9 Å². The highest BCUT2D eigenvalue weighted by Crippen LogP contribution is 2.29. The van der Waals surface area contributed by atoms with Crippen molar-refractivity contribution in [3.8, 4) is 5.75 Å². The summed E-state index contributed by atoms with van der Waals surface area (Å²) in [6, 6.07) is -8.51. The number of fused-ring (bicyclic) bond motifs is 1. The fourth-order valence-electron chi connectivity index (χ4n) is 14.6. The van der Waals surface area contributed by atoms with Crippen LogP contribution in [0.2, 0.25) is 0 Å². The summed E-state index contributed by atoms with van der Waals surface area (Å²) in [6.07, 6.45) is -6.53. The first-order valence-electron chi connectivity index (χ1n) is 41.4. The number of likely N-dealkylation sites (tertiary alicyclic amines) is 1. The molecule has 0 bridgehead atoms. The van der Waals surface area contributed by atoms with E-state index in [-0.39, 0.29) is 70.4 Å².